The summed E-state index contributed by atoms with van der Waals surface area (Å²) in [6.07, 6.45) is 7.29. The maximum Gasteiger partial charge on any atom is 0.220 e. The first-order chi connectivity index (χ1) is 11.2. The molecule has 0 aliphatic rings. The first kappa shape index (κ1) is 19.8. The second-order valence-corrected chi connectivity index (χ2v) is 6.09. The molecular weight excluding hydrogens is 310 g/mol. The number of hydrogen-bond acceptors (Lipinski definition) is 5. The maximum atomic E-state index is 11.5. The van der Waals surface area contributed by atoms with E-state index in [1.165, 1.54) is 12.8 Å². The van der Waals surface area contributed by atoms with Crippen molar-refractivity contribution in [3.8, 4) is 5.75 Å². The number of carbonyl (C=O) groups is 1. The summed E-state index contributed by atoms with van der Waals surface area (Å²) < 4.78 is 5.65. The van der Waals surface area contributed by atoms with Crippen LogP contribution in [0.15, 0.2) is 18.5 Å². The third kappa shape index (κ3) is 9.46. The number of hydrogen-bond donors (Lipinski definition) is 2. The maximum absolute atomic E-state index is 11.5. The molecule has 5 nitrogen and oxygen atoms in total. The zero-order valence-corrected chi connectivity index (χ0v) is 15.1. The molecule has 0 atom stereocenters. The van der Waals surface area contributed by atoms with Crippen molar-refractivity contribution in [3.63, 3.8) is 0 Å². The third-order valence-electron chi connectivity index (χ3n) is 3.37. The van der Waals surface area contributed by atoms with Crippen molar-refractivity contribution in [2.45, 2.75) is 39.2 Å². The zero-order chi connectivity index (χ0) is 16.9. The summed E-state index contributed by atoms with van der Waals surface area (Å²) >= 11 is 4.09. The Bertz CT molecular complexity index is 457. The van der Waals surface area contributed by atoms with E-state index in [2.05, 4.69) is 41.8 Å². The Kier molecular flexibility index (Phi) is 10.5. The van der Waals surface area contributed by atoms with Crippen molar-refractivity contribution in [1.29, 1.82) is 0 Å². The summed E-state index contributed by atoms with van der Waals surface area (Å²) in [6, 6.07) is 2.01. The predicted octanol–water partition coefficient (Wildman–Crippen LogP) is 2.52. The summed E-state index contributed by atoms with van der Waals surface area (Å²) in [4.78, 5) is 18.0. The number of pyridine rings is 1. The van der Waals surface area contributed by atoms with Gasteiger partial charge in [0.1, 0.15) is 12.4 Å². The standard InChI is InChI=1S/C17H29N3O2S/c1-3-4-8-20(2)14-15-11-16(13-18-12-15)22-9-7-19-17(21)6-5-10-23/h11-13,23H,3-10,14H2,1-2H3,(H,19,21). The van der Waals surface area contributed by atoms with Crippen LogP contribution in [-0.4, -0.2) is 48.3 Å². The smallest absolute Gasteiger partial charge is 0.220 e. The highest BCUT2D eigenvalue weighted by atomic mass is 32.1. The molecule has 0 unspecified atom stereocenters. The molecule has 0 spiro atoms. The van der Waals surface area contributed by atoms with E-state index < -0.39 is 0 Å². The van der Waals surface area contributed by atoms with Crippen molar-refractivity contribution in [3.05, 3.63) is 24.0 Å². The quantitative estimate of drug-likeness (QED) is 0.454. The van der Waals surface area contributed by atoms with Crippen molar-refractivity contribution in [1.82, 2.24) is 15.2 Å². The van der Waals surface area contributed by atoms with Gasteiger partial charge in [0, 0.05) is 19.2 Å². The predicted molar refractivity (Wildman–Crippen MR) is 97.1 cm³/mol. The monoisotopic (exact) mass is 339 g/mol. The molecule has 0 aliphatic carbocycles. The van der Waals surface area contributed by atoms with Crippen molar-refractivity contribution in [2.75, 3.05) is 32.5 Å². The van der Waals surface area contributed by atoms with Crippen molar-refractivity contribution >= 4 is 18.5 Å². The molecule has 130 valence electrons. The van der Waals surface area contributed by atoms with E-state index in [0.717, 1.165) is 36.6 Å². The molecule has 0 aromatic carbocycles. The number of nitrogens with zero attached hydrogens (tertiary/aromatic N) is 2. The topological polar surface area (TPSA) is 54.5 Å². The van der Waals surface area contributed by atoms with E-state index in [9.17, 15) is 4.79 Å². The van der Waals surface area contributed by atoms with Crippen molar-refractivity contribution in [2.24, 2.45) is 0 Å². The third-order valence-corrected chi connectivity index (χ3v) is 3.69. The molecule has 0 fully saturated rings. The first-order valence-corrected chi connectivity index (χ1v) is 8.91. The number of rotatable bonds is 12. The largest absolute Gasteiger partial charge is 0.490 e. The Morgan fingerprint density at radius 2 is 2.22 bits per heavy atom. The van der Waals surface area contributed by atoms with E-state index in [1.807, 2.05) is 12.3 Å². The van der Waals surface area contributed by atoms with Crippen LogP contribution in [0, 0.1) is 0 Å². The Balaban J connectivity index is 2.29. The molecule has 0 bridgehead atoms. The van der Waals surface area contributed by atoms with Crippen LogP contribution < -0.4 is 10.1 Å². The fraction of sp³-hybridized carbons (Fsp3) is 0.647. The van der Waals surface area contributed by atoms with Gasteiger partial charge in [0.25, 0.3) is 0 Å². The van der Waals surface area contributed by atoms with Crippen LogP contribution in [0.3, 0.4) is 0 Å². The summed E-state index contributed by atoms with van der Waals surface area (Å²) in [6.45, 7) is 5.10. The lowest BCUT2D eigenvalue weighted by molar-refractivity contribution is -0.121. The Labute approximate surface area is 145 Å². The van der Waals surface area contributed by atoms with Gasteiger partial charge in [-0.15, -0.1) is 0 Å². The van der Waals surface area contributed by atoms with E-state index in [1.54, 1.807) is 6.20 Å². The molecule has 1 aromatic heterocycles. The minimum Gasteiger partial charge on any atom is -0.490 e. The van der Waals surface area contributed by atoms with E-state index >= 15 is 0 Å². The van der Waals surface area contributed by atoms with E-state index in [4.69, 9.17) is 4.74 Å². The summed E-state index contributed by atoms with van der Waals surface area (Å²) in [5, 5.41) is 2.83. The molecule has 0 radical (unpaired) electrons. The highest BCUT2D eigenvalue weighted by molar-refractivity contribution is 7.80. The van der Waals surface area contributed by atoms with Gasteiger partial charge in [0.15, 0.2) is 0 Å². The molecule has 1 N–H and O–H groups in total. The fourth-order valence-corrected chi connectivity index (χ4v) is 2.29. The molecule has 1 heterocycles. The number of unbranched alkanes of at least 4 members (excludes halogenated alkanes) is 1. The lowest BCUT2D eigenvalue weighted by Crippen LogP contribution is -2.27. The van der Waals surface area contributed by atoms with E-state index in [0.29, 0.717) is 19.6 Å². The summed E-state index contributed by atoms with van der Waals surface area (Å²) in [5.74, 6) is 1.53. The molecule has 0 aliphatic heterocycles. The molecule has 0 saturated heterocycles. The van der Waals surface area contributed by atoms with Crippen LogP contribution in [0.25, 0.3) is 0 Å². The number of aromatic nitrogens is 1. The number of amides is 1. The van der Waals surface area contributed by atoms with Crippen LogP contribution >= 0.6 is 12.6 Å². The fourth-order valence-electron chi connectivity index (χ4n) is 2.14. The van der Waals surface area contributed by atoms with Crippen LogP contribution in [0.4, 0.5) is 0 Å². The molecule has 1 aromatic rings. The number of nitrogens with one attached hydrogen (secondary N) is 1. The van der Waals surface area contributed by atoms with Gasteiger partial charge in [-0.25, -0.2) is 0 Å². The minimum absolute atomic E-state index is 0.0482. The molecular formula is C17H29N3O2S. The Hall–Kier alpha value is -1.27. The van der Waals surface area contributed by atoms with Gasteiger partial charge in [0.05, 0.1) is 12.7 Å². The van der Waals surface area contributed by atoms with Crippen LogP contribution in [0.5, 0.6) is 5.75 Å². The van der Waals surface area contributed by atoms with E-state index in [-0.39, 0.29) is 5.91 Å². The van der Waals surface area contributed by atoms with Gasteiger partial charge < -0.3 is 15.0 Å². The van der Waals surface area contributed by atoms with Gasteiger partial charge >= 0.3 is 0 Å². The lowest BCUT2D eigenvalue weighted by Gasteiger charge is -2.16. The normalized spacial score (nSPS) is 10.8. The van der Waals surface area contributed by atoms with Crippen LogP contribution in [0.2, 0.25) is 0 Å². The number of carbonyl (C=O) groups excluding carboxylic acids is 1. The van der Waals surface area contributed by atoms with Gasteiger partial charge in [0.2, 0.25) is 5.91 Å². The molecule has 0 saturated carbocycles. The molecule has 1 rings (SSSR count). The van der Waals surface area contributed by atoms with Crippen LogP contribution in [0.1, 0.15) is 38.2 Å². The average Bonchev–Trinajstić information content (AvgIpc) is 2.55. The Morgan fingerprint density at radius 1 is 1.39 bits per heavy atom. The Morgan fingerprint density at radius 3 is 2.96 bits per heavy atom. The van der Waals surface area contributed by atoms with Gasteiger partial charge in [-0.2, -0.15) is 12.6 Å². The summed E-state index contributed by atoms with van der Waals surface area (Å²) in [5.41, 5.74) is 1.14. The second-order valence-electron chi connectivity index (χ2n) is 5.65. The second kappa shape index (κ2) is 12.2. The SMILES string of the molecule is CCCCN(C)Cc1cncc(OCCNC(=O)CCCS)c1. The number of thiol groups is 1. The van der Waals surface area contributed by atoms with Gasteiger partial charge in [-0.05, 0) is 43.8 Å². The minimum atomic E-state index is 0.0482. The van der Waals surface area contributed by atoms with Crippen LogP contribution in [-0.2, 0) is 11.3 Å². The summed E-state index contributed by atoms with van der Waals surface area (Å²) in [7, 11) is 2.11. The van der Waals surface area contributed by atoms with Crippen molar-refractivity contribution < 1.29 is 9.53 Å². The molecule has 6 heteroatoms. The van der Waals surface area contributed by atoms with Gasteiger partial charge in [-0.3, -0.25) is 9.78 Å². The average molecular weight is 340 g/mol. The lowest BCUT2D eigenvalue weighted by atomic mass is 10.2. The highest BCUT2D eigenvalue weighted by Crippen LogP contribution is 2.12. The van der Waals surface area contributed by atoms with Gasteiger partial charge in [-0.1, -0.05) is 13.3 Å². The first-order valence-electron chi connectivity index (χ1n) is 8.28. The number of ether oxygens (including phenoxy) is 1. The molecule has 23 heavy (non-hydrogen) atoms. The highest BCUT2D eigenvalue weighted by Gasteiger charge is 2.03. The zero-order valence-electron chi connectivity index (χ0n) is 14.3. The molecule has 1 amide bonds.